The van der Waals surface area contributed by atoms with Crippen LogP contribution in [-0.2, 0) is 11.2 Å². The van der Waals surface area contributed by atoms with Crippen LogP contribution in [0.25, 0.3) is 12.2 Å². The van der Waals surface area contributed by atoms with Crippen molar-refractivity contribution in [3.63, 3.8) is 0 Å². The SMILES string of the molecule is COc1cc(/C=C\c2ccc(Oc3ccc(CC4SC(=O)NC4=O)cc3)cc2)cc(OC)c1. The zero-order valence-corrected chi connectivity index (χ0v) is 19.1. The van der Waals surface area contributed by atoms with Crippen LogP contribution in [-0.4, -0.2) is 30.6 Å². The molecule has 1 unspecified atom stereocenters. The Hall–Kier alpha value is -3.71. The van der Waals surface area contributed by atoms with Crippen LogP contribution in [0.1, 0.15) is 16.7 Å². The van der Waals surface area contributed by atoms with Crippen LogP contribution < -0.4 is 19.5 Å². The topological polar surface area (TPSA) is 73.9 Å². The van der Waals surface area contributed by atoms with E-state index in [0.717, 1.165) is 45.7 Å². The smallest absolute Gasteiger partial charge is 0.286 e. The number of benzene rings is 3. The molecule has 1 saturated heterocycles. The molecular formula is C26H23NO5S. The Balaban J connectivity index is 1.36. The van der Waals surface area contributed by atoms with Gasteiger partial charge in [0.05, 0.1) is 19.5 Å². The molecule has 2 amide bonds. The highest BCUT2D eigenvalue weighted by Crippen LogP contribution is 2.27. The normalized spacial score (nSPS) is 15.5. The van der Waals surface area contributed by atoms with Crippen LogP contribution in [0.4, 0.5) is 4.79 Å². The Kier molecular flexibility index (Phi) is 7.00. The highest BCUT2D eigenvalue weighted by atomic mass is 32.2. The molecule has 6 nitrogen and oxygen atoms in total. The number of amides is 2. The molecule has 1 fully saturated rings. The van der Waals surface area contributed by atoms with Gasteiger partial charge in [-0.05, 0) is 59.5 Å². The van der Waals surface area contributed by atoms with Gasteiger partial charge in [-0.1, -0.05) is 48.2 Å². The van der Waals surface area contributed by atoms with E-state index < -0.39 is 0 Å². The van der Waals surface area contributed by atoms with Crippen molar-refractivity contribution in [2.45, 2.75) is 11.7 Å². The molecule has 3 aromatic rings. The molecule has 0 spiro atoms. The molecule has 0 radical (unpaired) electrons. The summed E-state index contributed by atoms with van der Waals surface area (Å²) in [7, 11) is 3.26. The first kappa shape index (κ1) is 22.5. The number of hydrogen-bond donors (Lipinski definition) is 1. The monoisotopic (exact) mass is 461 g/mol. The van der Waals surface area contributed by atoms with Gasteiger partial charge in [-0.15, -0.1) is 0 Å². The van der Waals surface area contributed by atoms with Gasteiger partial charge in [0.2, 0.25) is 5.91 Å². The molecule has 33 heavy (non-hydrogen) atoms. The van der Waals surface area contributed by atoms with Crippen LogP contribution in [0.5, 0.6) is 23.0 Å². The van der Waals surface area contributed by atoms with Crippen molar-refractivity contribution < 1.29 is 23.8 Å². The lowest BCUT2D eigenvalue weighted by Crippen LogP contribution is -2.25. The van der Waals surface area contributed by atoms with E-state index in [1.807, 2.05) is 78.9 Å². The summed E-state index contributed by atoms with van der Waals surface area (Å²) in [6.07, 6.45) is 4.51. The number of thioether (sulfide) groups is 1. The number of hydrogen-bond acceptors (Lipinski definition) is 6. The summed E-state index contributed by atoms with van der Waals surface area (Å²) in [5, 5.41) is 1.65. The van der Waals surface area contributed by atoms with Gasteiger partial charge < -0.3 is 14.2 Å². The number of ether oxygens (including phenoxy) is 3. The zero-order valence-electron chi connectivity index (χ0n) is 18.2. The van der Waals surface area contributed by atoms with Gasteiger partial charge in [0.1, 0.15) is 23.0 Å². The second kappa shape index (κ2) is 10.3. The molecule has 1 aliphatic rings. The summed E-state index contributed by atoms with van der Waals surface area (Å²) in [4.78, 5) is 23.0. The van der Waals surface area contributed by atoms with E-state index in [1.165, 1.54) is 0 Å². The predicted molar refractivity (Wildman–Crippen MR) is 130 cm³/mol. The van der Waals surface area contributed by atoms with Crippen LogP contribution >= 0.6 is 11.8 Å². The van der Waals surface area contributed by atoms with E-state index >= 15 is 0 Å². The average Bonchev–Trinajstić information content (AvgIpc) is 3.15. The third-order valence-electron chi connectivity index (χ3n) is 5.07. The number of imide groups is 1. The summed E-state index contributed by atoms with van der Waals surface area (Å²) < 4.78 is 16.5. The van der Waals surface area contributed by atoms with Gasteiger partial charge in [-0.2, -0.15) is 0 Å². The molecule has 7 heteroatoms. The van der Waals surface area contributed by atoms with Crippen molar-refractivity contribution in [3.05, 3.63) is 83.4 Å². The predicted octanol–water partition coefficient (Wildman–Crippen LogP) is 5.56. The zero-order chi connectivity index (χ0) is 23.2. The molecule has 0 aliphatic carbocycles. The van der Waals surface area contributed by atoms with Crippen LogP contribution in [0, 0.1) is 0 Å². The summed E-state index contributed by atoms with van der Waals surface area (Å²) >= 11 is 1.03. The molecule has 0 saturated carbocycles. The van der Waals surface area contributed by atoms with Crippen molar-refractivity contribution in [1.82, 2.24) is 5.32 Å². The standard InChI is InChI=1S/C26H23NO5S/c1-30-22-13-19(14-23(16-22)31-2)4-3-17-5-9-20(10-6-17)32-21-11-7-18(8-12-21)15-24-25(28)27-26(29)33-24/h3-14,16,24H,15H2,1-2H3,(H,27,28,29)/b4-3-. The molecule has 3 aromatic carbocycles. The molecule has 1 aliphatic heterocycles. The average molecular weight is 462 g/mol. The minimum atomic E-state index is -0.372. The van der Waals surface area contributed by atoms with Crippen molar-refractivity contribution in [2.24, 2.45) is 0 Å². The second-order valence-corrected chi connectivity index (χ2v) is 8.56. The van der Waals surface area contributed by atoms with E-state index in [4.69, 9.17) is 14.2 Å². The number of rotatable bonds is 8. The van der Waals surface area contributed by atoms with Gasteiger partial charge in [-0.25, -0.2) is 0 Å². The largest absolute Gasteiger partial charge is 0.497 e. The Labute approximate surface area is 196 Å². The van der Waals surface area contributed by atoms with Gasteiger partial charge in [0.15, 0.2) is 0 Å². The molecule has 1 atom stereocenters. The molecule has 1 heterocycles. The molecule has 4 rings (SSSR count). The Morgan fingerprint density at radius 3 is 1.91 bits per heavy atom. The van der Waals surface area contributed by atoms with Gasteiger partial charge in [0, 0.05) is 6.07 Å². The second-order valence-electron chi connectivity index (χ2n) is 7.38. The van der Waals surface area contributed by atoms with Gasteiger partial charge >= 0.3 is 0 Å². The van der Waals surface area contributed by atoms with E-state index in [9.17, 15) is 9.59 Å². The first-order valence-corrected chi connectivity index (χ1v) is 11.2. The lowest BCUT2D eigenvalue weighted by Gasteiger charge is -2.09. The van der Waals surface area contributed by atoms with E-state index in [2.05, 4.69) is 5.32 Å². The Morgan fingerprint density at radius 1 is 0.788 bits per heavy atom. The first-order chi connectivity index (χ1) is 16.0. The summed E-state index contributed by atoms with van der Waals surface area (Å²) in [5.41, 5.74) is 2.98. The fourth-order valence-corrected chi connectivity index (χ4v) is 4.20. The van der Waals surface area contributed by atoms with E-state index in [0.29, 0.717) is 12.2 Å². The Bertz CT molecular complexity index is 1150. The minimum Gasteiger partial charge on any atom is -0.497 e. The van der Waals surface area contributed by atoms with Crippen LogP contribution in [0.2, 0.25) is 0 Å². The van der Waals surface area contributed by atoms with Crippen LogP contribution in [0.15, 0.2) is 66.7 Å². The summed E-state index contributed by atoms with van der Waals surface area (Å²) in [6, 6.07) is 21.0. The van der Waals surface area contributed by atoms with E-state index in [-0.39, 0.29) is 16.4 Å². The van der Waals surface area contributed by atoms with Crippen molar-refractivity contribution in [3.8, 4) is 23.0 Å². The number of methoxy groups -OCH3 is 2. The van der Waals surface area contributed by atoms with Gasteiger partial charge in [-0.3, -0.25) is 14.9 Å². The van der Waals surface area contributed by atoms with E-state index in [1.54, 1.807) is 14.2 Å². The van der Waals surface area contributed by atoms with Crippen LogP contribution in [0.3, 0.4) is 0 Å². The fraction of sp³-hybridized carbons (Fsp3) is 0.154. The highest BCUT2D eigenvalue weighted by molar-refractivity contribution is 8.15. The molecule has 0 aromatic heterocycles. The quantitative estimate of drug-likeness (QED) is 0.443. The Morgan fingerprint density at radius 2 is 1.36 bits per heavy atom. The fourth-order valence-electron chi connectivity index (χ4n) is 3.34. The third kappa shape index (κ3) is 5.96. The number of nitrogens with one attached hydrogen (secondary N) is 1. The maximum Gasteiger partial charge on any atom is 0.286 e. The molecule has 168 valence electrons. The molecule has 0 bridgehead atoms. The first-order valence-electron chi connectivity index (χ1n) is 10.3. The lowest BCUT2D eigenvalue weighted by molar-refractivity contribution is -0.118. The molecular weight excluding hydrogens is 438 g/mol. The number of carbonyl (C=O) groups excluding carboxylic acids is 2. The third-order valence-corrected chi connectivity index (χ3v) is 6.05. The lowest BCUT2D eigenvalue weighted by atomic mass is 10.1. The van der Waals surface area contributed by atoms with Gasteiger partial charge in [0.25, 0.3) is 5.24 Å². The summed E-state index contributed by atoms with van der Waals surface area (Å²) in [5.74, 6) is 2.67. The van der Waals surface area contributed by atoms with Crippen molar-refractivity contribution in [1.29, 1.82) is 0 Å². The number of carbonyl (C=O) groups is 2. The minimum absolute atomic E-state index is 0.231. The van der Waals surface area contributed by atoms with Crippen molar-refractivity contribution in [2.75, 3.05) is 14.2 Å². The highest BCUT2D eigenvalue weighted by Gasteiger charge is 2.31. The molecule has 1 N–H and O–H groups in total. The maximum atomic E-state index is 11.7. The van der Waals surface area contributed by atoms with Crippen molar-refractivity contribution >= 4 is 35.1 Å². The summed E-state index contributed by atoms with van der Waals surface area (Å²) in [6.45, 7) is 0. The maximum absolute atomic E-state index is 11.7.